The topological polar surface area (TPSA) is 119 Å². The van der Waals surface area contributed by atoms with Crippen LogP contribution < -0.4 is 5.32 Å². The molecule has 1 amide bonds. The number of aliphatic hydroxyl groups is 1. The Bertz CT molecular complexity index is 421. The molecule has 2 N–H and O–H groups in total. The fourth-order valence-electron chi connectivity index (χ4n) is 1.65. The molecule has 0 rings (SSSR count). The van der Waals surface area contributed by atoms with E-state index in [1.165, 1.54) is 6.92 Å². The second kappa shape index (κ2) is 13.6. The van der Waals surface area contributed by atoms with Crippen LogP contribution in [-0.2, 0) is 28.7 Å². The molecule has 0 radical (unpaired) electrons. The minimum absolute atomic E-state index is 0.247. The molecule has 0 aromatic carbocycles. The van der Waals surface area contributed by atoms with Crippen LogP contribution in [0.2, 0.25) is 0 Å². The molecule has 0 aromatic rings. The van der Waals surface area contributed by atoms with Crippen molar-refractivity contribution in [2.75, 3.05) is 26.4 Å². The third-order valence-electron chi connectivity index (χ3n) is 3.06. The number of hydrogen-bond donors (Lipinski definition) is 2. The third-order valence-corrected chi connectivity index (χ3v) is 3.06. The number of nitrogens with one attached hydrogen (secondary N) is 1. The van der Waals surface area contributed by atoms with Crippen LogP contribution in [0.1, 0.15) is 46.0 Å². The second-order valence-corrected chi connectivity index (χ2v) is 5.37. The van der Waals surface area contributed by atoms with Crippen LogP contribution in [0.5, 0.6) is 0 Å². The van der Waals surface area contributed by atoms with Crippen molar-refractivity contribution >= 4 is 23.4 Å². The molecule has 0 saturated carbocycles. The monoisotopic (exact) mass is 345 g/mol. The Morgan fingerprint density at radius 2 is 1.71 bits per heavy atom. The molecular weight excluding hydrogens is 318 g/mol. The van der Waals surface area contributed by atoms with Crippen LogP contribution in [0.25, 0.3) is 0 Å². The van der Waals surface area contributed by atoms with E-state index in [1.807, 2.05) is 6.92 Å². The fourth-order valence-corrected chi connectivity index (χ4v) is 1.65. The molecule has 0 fully saturated rings. The fraction of sp³-hybridized carbons (Fsp3) is 0.750. The Morgan fingerprint density at radius 1 is 1.00 bits per heavy atom. The van der Waals surface area contributed by atoms with Crippen molar-refractivity contribution in [2.24, 2.45) is 0 Å². The summed E-state index contributed by atoms with van der Waals surface area (Å²) in [5.41, 5.74) is 0. The lowest BCUT2D eigenvalue weighted by molar-refractivity contribution is -0.156. The average Bonchev–Trinajstić information content (AvgIpc) is 2.55. The van der Waals surface area contributed by atoms with E-state index < -0.39 is 24.5 Å². The molecule has 8 heteroatoms. The first-order valence-corrected chi connectivity index (χ1v) is 8.09. The van der Waals surface area contributed by atoms with Crippen LogP contribution in [0.15, 0.2) is 0 Å². The molecule has 0 aliphatic rings. The highest BCUT2D eigenvalue weighted by Gasteiger charge is 2.13. The lowest BCUT2D eigenvalue weighted by atomic mass is 10.1. The molecule has 0 saturated heterocycles. The van der Waals surface area contributed by atoms with Crippen molar-refractivity contribution in [3.63, 3.8) is 0 Å². The van der Waals surface area contributed by atoms with E-state index >= 15 is 0 Å². The number of Topliss-reactive ketones (excluding diaryl/α,β-unsaturated/α-hetero) is 2. The number of carbonyl (C=O) groups excluding carboxylic acids is 4. The van der Waals surface area contributed by atoms with Crippen molar-refractivity contribution in [2.45, 2.75) is 52.1 Å². The maximum absolute atomic E-state index is 11.4. The van der Waals surface area contributed by atoms with E-state index in [9.17, 15) is 19.2 Å². The lowest BCUT2D eigenvalue weighted by Crippen LogP contribution is -2.30. The van der Waals surface area contributed by atoms with E-state index in [-0.39, 0.29) is 24.9 Å². The van der Waals surface area contributed by atoms with Crippen LogP contribution in [0.4, 0.5) is 0 Å². The summed E-state index contributed by atoms with van der Waals surface area (Å²) in [6.45, 7) is 2.45. The van der Waals surface area contributed by atoms with Gasteiger partial charge in [0.25, 0.3) is 0 Å². The van der Waals surface area contributed by atoms with E-state index in [4.69, 9.17) is 9.84 Å². The second-order valence-electron chi connectivity index (χ2n) is 5.37. The van der Waals surface area contributed by atoms with Gasteiger partial charge >= 0.3 is 5.97 Å². The quantitative estimate of drug-likeness (QED) is 0.340. The number of ether oxygens (including phenoxy) is 2. The maximum atomic E-state index is 11.4. The standard InChI is InChI=1S/C16H27NO7/c1-3-13(19)7-5-4-6-8-17-15(21)11-23-9-14(20)10-24-16(22)12(2)18/h12,18H,3-11H2,1-2H3,(H,17,21). The summed E-state index contributed by atoms with van der Waals surface area (Å²) in [6, 6.07) is 0. The maximum Gasteiger partial charge on any atom is 0.335 e. The Hall–Kier alpha value is -1.80. The summed E-state index contributed by atoms with van der Waals surface area (Å²) < 4.78 is 9.42. The van der Waals surface area contributed by atoms with Gasteiger partial charge in [0.1, 0.15) is 25.1 Å². The van der Waals surface area contributed by atoms with Gasteiger partial charge in [0, 0.05) is 19.4 Å². The number of hydrogen-bond acceptors (Lipinski definition) is 7. The van der Waals surface area contributed by atoms with Gasteiger partial charge in [-0.1, -0.05) is 13.3 Å². The molecule has 138 valence electrons. The zero-order valence-electron chi connectivity index (χ0n) is 14.3. The lowest BCUT2D eigenvalue weighted by Gasteiger charge is -2.07. The number of unbranched alkanes of at least 4 members (excludes halogenated alkanes) is 2. The molecule has 0 aliphatic carbocycles. The normalized spacial score (nSPS) is 11.6. The predicted molar refractivity (Wildman–Crippen MR) is 85.2 cm³/mol. The van der Waals surface area contributed by atoms with E-state index in [2.05, 4.69) is 10.1 Å². The average molecular weight is 345 g/mol. The van der Waals surface area contributed by atoms with Gasteiger partial charge in [-0.15, -0.1) is 0 Å². The minimum Gasteiger partial charge on any atom is -0.456 e. The zero-order valence-corrected chi connectivity index (χ0v) is 14.3. The van der Waals surface area contributed by atoms with E-state index in [0.717, 1.165) is 19.3 Å². The molecule has 8 nitrogen and oxygen atoms in total. The van der Waals surface area contributed by atoms with Gasteiger partial charge in [-0.3, -0.25) is 14.4 Å². The highest BCUT2D eigenvalue weighted by atomic mass is 16.6. The Balaban J connectivity index is 3.54. The van der Waals surface area contributed by atoms with Crippen molar-refractivity contribution in [3.05, 3.63) is 0 Å². The Labute approximate surface area is 141 Å². The SMILES string of the molecule is CCC(=O)CCCCCNC(=O)COCC(=O)COC(=O)C(C)O. The molecule has 1 unspecified atom stereocenters. The summed E-state index contributed by atoms with van der Waals surface area (Å²) in [7, 11) is 0. The molecule has 0 spiro atoms. The number of carbonyl (C=O) groups is 4. The van der Waals surface area contributed by atoms with E-state index in [1.54, 1.807) is 0 Å². The predicted octanol–water partition coefficient (Wildman–Crippen LogP) is 0.152. The first-order chi connectivity index (χ1) is 11.4. The molecule has 0 bridgehead atoms. The molecular formula is C16H27NO7. The van der Waals surface area contributed by atoms with Crippen LogP contribution in [0, 0.1) is 0 Å². The summed E-state index contributed by atoms with van der Waals surface area (Å²) in [6.07, 6.45) is 2.31. The highest BCUT2D eigenvalue weighted by molar-refractivity contribution is 5.84. The smallest absolute Gasteiger partial charge is 0.335 e. The molecule has 1 atom stereocenters. The van der Waals surface area contributed by atoms with Crippen LogP contribution in [-0.4, -0.2) is 61.0 Å². The Morgan fingerprint density at radius 3 is 2.33 bits per heavy atom. The first kappa shape index (κ1) is 22.2. The van der Waals surface area contributed by atoms with Crippen molar-refractivity contribution < 1.29 is 33.8 Å². The number of amides is 1. The summed E-state index contributed by atoms with van der Waals surface area (Å²) >= 11 is 0. The molecule has 0 aromatic heterocycles. The van der Waals surface area contributed by atoms with Gasteiger partial charge in [-0.25, -0.2) is 4.79 Å². The minimum atomic E-state index is -1.29. The van der Waals surface area contributed by atoms with Crippen LogP contribution in [0.3, 0.4) is 0 Å². The summed E-state index contributed by atoms with van der Waals surface area (Å²) in [5.74, 6) is -1.48. The Kier molecular flexibility index (Phi) is 12.6. The summed E-state index contributed by atoms with van der Waals surface area (Å²) in [4.78, 5) is 44.8. The third kappa shape index (κ3) is 12.7. The number of esters is 1. The van der Waals surface area contributed by atoms with Gasteiger partial charge in [-0.05, 0) is 19.8 Å². The molecule has 0 aliphatic heterocycles. The van der Waals surface area contributed by atoms with Crippen molar-refractivity contribution in [3.8, 4) is 0 Å². The summed E-state index contributed by atoms with van der Waals surface area (Å²) in [5, 5.41) is 11.5. The van der Waals surface area contributed by atoms with Crippen molar-refractivity contribution in [1.82, 2.24) is 5.32 Å². The number of ketones is 2. The largest absolute Gasteiger partial charge is 0.456 e. The van der Waals surface area contributed by atoms with E-state index in [0.29, 0.717) is 19.4 Å². The molecule has 0 heterocycles. The van der Waals surface area contributed by atoms with Gasteiger partial charge < -0.3 is 19.9 Å². The molecule has 24 heavy (non-hydrogen) atoms. The van der Waals surface area contributed by atoms with Gasteiger partial charge in [0.15, 0.2) is 12.4 Å². The number of rotatable bonds is 14. The van der Waals surface area contributed by atoms with Gasteiger partial charge in [0.05, 0.1) is 0 Å². The van der Waals surface area contributed by atoms with Gasteiger partial charge in [-0.2, -0.15) is 0 Å². The highest BCUT2D eigenvalue weighted by Crippen LogP contribution is 2.01. The van der Waals surface area contributed by atoms with Crippen molar-refractivity contribution in [1.29, 1.82) is 0 Å². The van der Waals surface area contributed by atoms with Crippen LogP contribution >= 0.6 is 0 Å². The number of aliphatic hydroxyl groups excluding tert-OH is 1. The van der Waals surface area contributed by atoms with Gasteiger partial charge in [0.2, 0.25) is 5.91 Å². The first-order valence-electron chi connectivity index (χ1n) is 8.09. The zero-order chi connectivity index (χ0) is 18.4.